The lowest BCUT2D eigenvalue weighted by atomic mass is 10.3. The van der Waals surface area contributed by atoms with Crippen LogP contribution in [0.25, 0.3) is 0 Å². The van der Waals surface area contributed by atoms with Gasteiger partial charge in [0.05, 0.1) is 6.54 Å². The number of alkyl halides is 1. The van der Waals surface area contributed by atoms with E-state index in [0.717, 1.165) is 19.0 Å². The van der Waals surface area contributed by atoms with E-state index in [1.54, 1.807) is 6.20 Å². The molecule has 1 aliphatic rings. The topological polar surface area (TPSA) is 29.9 Å². The van der Waals surface area contributed by atoms with Gasteiger partial charge in [-0.25, -0.2) is 0 Å². The lowest BCUT2D eigenvalue weighted by molar-refractivity contribution is 0.489. The smallest absolute Gasteiger partial charge is 0.0534 e. The van der Waals surface area contributed by atoms with Crippen molar-refractivity contribution in [3.63, 3.8) is 0 Å². The van der Waals surface area contributed by atoms with Crippen LogP contribution in [0.5, 0.6) is 0 Å². The van der Waals surface area contributed by atoms with E-state index in [2.05, 4.69) is 10.4 Å². The van der Waals surface area contributed by atoms with E-state index in [-0.39, 0.29) is 5.54 Å². The second kappa shape index (κ2) is 3.68. The molecule has 1 heterocycles. The molecule has 1 aromatic rings. The Morgan fingerprint density at radius 2 is 2.38 bits per heavy atom. The Bertz CT molecular complexity index is 254. The summed E-state index contributed by atoms with van der Waals surface area (Å²) < 4.78 is 1.93. The fourth-order valence-electron chi connectivity index (χ4n) is 1.38. The largest absolute Gasteiger partial charge is 0.308 e. The number of halogens is 1. The molecule has 1 N–H and O–H groups in total. The SMILES string of the molecule is ClCC1(NCCn2cccn2)CC1. The molecular formula is C9H14ClN3. The van der Waals surface area contributed by atoms with Crippen molar-refractivity contribution in [2.24, 2.45) is 0 Å². The van der Waals surface area contributed by atoms with Gasteiger partial charge in [0.2, 0.25) is 0 Å². The third kappa shape index (κ3) is 2.23. The van der Waals surface area contributed by atoms with Crippen LogP contribution in [0.15, 0.2) is 18.5 Å². The van der Waals surface area contributed by atoms with E-state index >= 15 is 0 Å². The quantitative estimate of drug-likeness (QED) is 0.724. The van der Waals surface area contributed by atoms with Gasteiger partial charge in [-0.05, 0) is 18.9 Å². The summed E-state index contributed by atoms with van der Waals surface area (Å²) in [6, 6.07) is 1.94. The summed E-state index contributed by atoms with van der Waals surface area (Å²) in [6.07, 6.45) is 6.21. The Balaban J connectivity index is 1.70. The number of aromatic nitrogens is 2. The molecule has 1 aliphatic carbocycles. The molecule has 0 aliphatic heterocycles. The predicted molar refractivity (Wildman–Crippen MR) is 52.9 cm³/mol. The van der Waals surface area contributed by atoms with Gasteiger partial charge in [0.25, 0.3) is 0 Å². The van der Waals surface area contributed by atoms with E-state index in [1.165, 1.54) is 12.8 Å². The molecule has 1 aromatic heterocycles. The molecule has 13 heavy (non-hydrogen) atoms. The fourth-order valence-corrected chi connectivity index (χ4v) is 1.74. The second-order valence-electron chi connectivity index (χ2n) is 3.61. The molecule has 3 nitrogen and oxygen atoms in total. The Morgan fingerprint density at radius 1 is 1.54 bits per heavy atom. The van der Waals surface area contributed by atoms with Crippen molar-refractivity contribution in [2.45, 2.75) is 24.9 Å². The molecule has 1 saturated carbocycles. The zero-order valence-electron chi connectivity index (χ0n) is 7.54. The summed E-state index contributed by atoms with van der Waals surface area (Å²) in [4.78, 5) is 0. The van der Waals surface area contributed by atoms with Gasteiger partial charge in [0.1, 0.15) is 0 Å². The van der Waals surface area contributed by atoms with Gasteiger partial charge in [-0.2, -0.15) is 5.10 Å². The molecule has 0 aromatic carbocycles. The molecular weight excluding hydrogens is 186 g/mol. The van der Waals surface area contributed by atoms with E-state index in [0.29, 0.717) is 0 Å². The van der Waals surface area contributed by atoms with Crippen LogP contribution in [-0.4, -0.2) is 27.7 Å². The minimum atomic E-state index is 0.259. The van der Waals surface area contributed by atoms with Crippen LogP contribution in [0.4, 0.5) is 0 Å². The van der Waals surface area contributed by atoms with E-state index in [9.17, 15) is 0 Å². The Hall–Kier alpha value is -0.540. The minimum absolute atomic E-state index is 0.259. The van der Waals surface area contributed by atoms with Crippen molar-refractivity contribution in [1.82, 2.24) is 15.1 Å². The van der Waals surface area contributed by atoms with Crippen molar-refractivity contribution >= 4 is 11.6 Å². The zero-order valence-corrected chi connectivity index (χ0v) is 8.30. The molecule has 4 heteroatoms. The molecule has 0 spiro atoms. The monoisotopic (exact) mass is 199 g/mol. The Kier molecular flexibility index (Phi) is 2.56. The highest BCUT2D eigenvalue weighted by molar-refractivity contribution is 6.18. The molecule has 1 fully saturated rings. The normalized spacial score (nSPS) is 18.8. The first-order chi connectivity index (χ1) is 6.35. The highest BCUT2D eigenvalue weighted by Gasteiger charge is 2.40. The number of nitrogens with one attached hydrogen (secondary N) is 1. The van der Waals surface area contributed by atoms with Gasteiger partial charge >= 0.3 is 0 Å². The third-order valence-corrected chi connectivity index (χ3v) is 3.02. The number of rotatable bonds is 5. The first-order valence-electron chi connectivity index (χ1n) is 4.63. The van der Waals surface area contributed by atoms with Crippen molar-refractivity contribution < 1.29 is 0 Å². The highest BCUT2D eigenvalue weighted by atomic mass is 35.5. The van der Waals surface area contributed by atoms with Crippen LogP contribution in [-0.2, 0) is 6.54 Å². The molecule has 72 valence electrons. The van der Waals surface area contributed by atoms with Crippen LogP contribution in [0.3, 0.4) is 0 Å². The summed E-state index contributed by atoms with van der Waals surface area (Å²) in [5.41, 5.74) is 0.259. The lowest BCUT2D eigenvalue weighted by Crippen LogP contribution is -2.35. The fraction of sp³-hybridized carbons (Fsp3) is 0.667. The van der Waals surface area contributed by atoms with Gasteiger partial charge in [-0.15, -0.1) is 11.6 Å². The lowest BCUT2D eigenvalue weighted by Gasteiger charge is -2.13. The van der Waals surface area contributed by atoms with Gasteiger partial charge in [0, 0.05) is 30.4 Å². The van der Waals surface area contributed by atoms with Crippen LogP contribution in [0.1, 0.15) is 12.8 Å². The third-order valence-electron chi connectivity index (χ3n) is 2.51. The molecule has 0 atom stereocenters. The molecule has 0 saturated heterocycles. The Labute approximate surface area is 83.1 Å². The van der Waals surface area contributed by atoms with Crippen LogP contribution in [0, 0.1) is 0 Å². The van der Waals surface area contributed by atoms with E-state index < -0.39 is 0 Å². The molecule has 0 bridgehead atoms. The van der Waals surface area contributed by atoms with Gasteiger partial charge < -0.3 is 5.32 Å². The van der Waals surface area contributed by atoms with Crippen molar-refractivity contribution in [1.29, 1.82) is 0 Å². The average molecular weight is 200 g/mol. The van der Waals surface area contributed by atoms with Gasteiger partial charge in [-0.3, -0.25) is 4.68 Å². The van der Waals surface area contributed by atoms with E-state index in [4.69, 9.17) is 11.6 Å². The van der Waals surface area contributed by atoms with Crippen LogP contribution in [0.2, 0.25) is 0 Å². The standard InChI is InChI=1S/C9H14ClN3/c10-8-9(2-3-9)11-5-7-13-6-1-4-12-13/h1,4,6,11H,2-3,5,7-8H2. The van der Waals surface area contributed by atoms with Gasteiger partial charge in [0.15, 0.2) is 0 Å². The zero-order chi connectivity index (χ0) is 9.15. The predicted octanol–water partition coefficient (Wildman–Crippen LogP) is 1.24. The summed E-state index contributed by atoms with van der Waals surface area (Å²) in [5, 5.41) is 7.59. The van der Waals surface area contributed by atoms with Gasteiger partial charge in [-0.1, -0.05) is 0 Å². The maximum Gasteiger partial charge on any atom is 0.0534 e. The summed E-state index contributed by atoms with van der Waals surface area (Å²) in [6.45, 7) is 1.88. The minimum Gasteiger partial charge on any atom is -0.308 e. The first-order valence-corrected chi connectivity index (χ1v) is 5.17. The molecule has 2 rings (SSSR count). The molecule has 0 radical (unpaired) electrons. The second-order valence-corrected chi connectivity index (χ2v) is 3.88. The maximum absolute atomic E-state index is 5.83. The van der Waals surface area contributed by atoms with Crippen LogP contribution < -0.4 is 5.32 Å². The van der Waals surface area contributed by atoms with Crippen molar-refractivity contribution in [2.75, 3.05) is 12.4 Å². The summed E-state index contributed by atoms with van der Waals surface area (Å²) in [5.74, 6) is 0.728. The van der Waals surface area contributed by atoms with Crippen molar-refractivity contribution in [3.8, 4) is 0 Å². The van der Waals surface area contributed by atoms with Crippen molar-refractivity contribution in [3.05, 3.63) is 18.5 Å². The molecule has 0 unspecified atom stereocenters. The Morgan fingerprint density at radius 3 is 2.92 bits per heavy atom. The maximum atomic E-state index is 5.83. The van der Waals surface area contributed by atoms with E-state index in [1.807, 2.05) is 16.9 Å². The number of hydrogen-bond acceptors (Lipinski definition) is 2. The average Bonchev–Trinajstić information content (AvgIpc) is 2.74. The first kappa shape index (κ1) is 9.03. The number of hydrogen-bond donors (Lipinski definition) is 1. The highest BCUT2D eigenvalue weighted by Crippen LogP contribution is 2.35. The number of nitrogens with zero attached hydrogens (tertiary/aromatic N) is 2. The summed E-state index contributed by atoms with van der Waals surface area (Å²) >= 11 is 5.83. The molecule has 0 amide bonds. The summed E-state index contributed by atoms with van der Waals surface area (Å²) in [7, 11) is 0. The van der Waals surface area contributed by atoms with Crippen LogP contribution >= 0.6 is 11.6 Å².